The number of aryl methyl sites for hydroxylation is 3. The lowest BCUT2D eigenvalue weighted by atomic mass is 10.0. The van der Waals surface area contributed by atoms with Crippen molar-refractivity contribution in [3.63, 3.8) is 0 Å². The van der Waals surface area contributed by atoms with E-state index in [-0.39, 0.29) is 17.5 Å². The molecule has 4 rings (SSSR count). The highest BCUT2D eigenvalue weighted by Crippen LogP contribution is 2.25. The van der Waals surface area contributed by atoms with E-state index in [0.717, 1.165) is 33.9 Å². The molecule has 1 fully saturated rings. The van der Waals surface area contributed by atoms with Crippen LogP contribution in [0.2, 0.25) is 0 Å². The van der Waals surface area contributed by atoms with Crippen molar-refractivity contribution in [3.05, 3.63) is 45.5 Å². The minimum atomic E-state index is -0.0588. The fourth-order valence-electron chi connectivity index (χ4n) is 3.66. The second-order valence-electron chi connectivity index (χ2n) is 7.36. The van der Waals surface area contributed by atoms with Crippen LogP contribution in [0.25, 0.3) is 10.2 Å². The summed E-state index contributed by atoms with van der Waals surface area (Å²) in [6.07, 6.45) is 5.24. The Kier molecular flexibility index (Phi) is 5.57. The van der Waals surface area contributed by atoms with Crippen LogP contribution in [0.5, 0.6) is 0 Å². The number of thiophene rings is 1. The van der Waals surface area contributed by atoms with Crippen molar-refractivity contribution < 1.29 is 4.79 Å². The van der Waals surface area contributed by atoms with E-state index in [9.17, 15) is 9.59 Å². The summed E-state index contributed by atoms with van der Waals surface area (Å²) < 4.78 is 1.56. The Hall–Kier alpha value is -2.81. The van der Waals surface area contributed by atoms with Gasteiger partial charge < -0.3 is 10.2 Å². The minimum Gasteiger partial charge on any atom is -0.366 e. The number of hydrogen-bond acceptors (Lipinski definition) is 7. The maximum Gasteiger partial charge on any atom is 0.262 e. The first-order valence-electron chi connectivity index (χ1n) is 9.80. The molecule has 0 atom stereocenters. The van der Waals surface area contributed by atoms with Crippen molar-refractivity contribution >= 4 is 33.3 Å². The molecule has 9 heteroatoms. The zero-order chi connectivity index (χ0) is 20.4. The summed E-state index contributed by atoms with van der Waals surface area (Å²) >= 11 is 1.54. The smallest absolute Gasteiger partial charge is 0.262 e. The largest absolute Gasteiger partial charge is 0.366 e. The molecule has 29 heavy (non-hydrogen) atoms. The topological polar surface area (TPSA) is 93.0 Å². The fraction of sp³-hybridized carbons (Fsp3) is 0.450. The van der Waals surface area contributed by atoms with Gasteiger partial charge in [-0.1, -0.05) is 0 Å². The van der Waals surface area contributed by atoms with Crippen LogP contribution in [0.3, 0.4) is 0 Å². The fourth-order valence-corrected chi connectivity index (χ4v) is 4.65. The molecule has 0 saturated carbocycles. The van der Waals surface area contributed by atoms with Gasteiger partial charge in [0.2, 0.25) is 5.91 Å². The highest BCUT2D eigenvalue weighted by molar-refractivity contribution is 7.18. The summed E-state index contributed by atoms with van der Waals surface area (Å²) in [5, 5.41) is 12.0. The van der Waals surface area contributed by atoms with Gasteiger partial charge in [0.25, 0.3) is 5.56 Å². The molecule has 152 valence electrons. The zero-order valence-electron chi connectivity index (χ0n) is 16.6. The monoisotopic (exact) mass is 412 g/mol. The van der Waals surface area contributed by atoms with Gasteiger partial charge in [0.1, 0.15) is 10.6 Å². The predicted octanol–water partition coefficient (Wildman–Crippen LogP) is 2.36. The quantitative estimate of drug-likeness (QED) is 0.692. The highest BCUT2D eigenvalue weighted by Gasteiger charge is 2.23. The Balaban J connectivity index is 1.33. The molecule has 3 aromatic rings. The highest BCUT2D eigenvalue weighted by atomic mass is 32.1. The molecule has 1 aliphatic heterocycles. The average molecular weight is 413 g/mol. The molecule has 4 heterocycles. The molecular weight excluding hydrogens is 388 g/mol. The predicted molar refractivity (Wildman–Crippen MR) is 113 cm³/mol. The number of amides is 1. The number of likely N-dealkylation sites (tertiary alicyclic amines) is 1. The third-order valence-electron chi connectivity index (χ3n) is 5.49. The van der Waals surface area contributed by atoms with Crippen LogP contribution in [-0.4, -0.2) is 49.7 Å². The number of carbonyl (C=O) groups excluding carboxylic acids is 1. The van der Waals surface area contributed by atoms with Crippen molar-refractivity contribution in [2.75, 3.05) is 18.4 Å². The van der Waals surface area contributed by atoms with Gasteiger partial charge in [0.05, 0.1) is 11.7 Å². The SMILES string of the molecule is Cc1sc2ncn(CCC(=O)N3CCC(Nc4cccnn4)CC3)c(=O)c2c1C. The van der Waals surface area contributed by atoms with Gasteiger partial charge in [0, 0.05) is 43.2 Å². The van der Waals surface area contributed by atoms with Crippen LogP contribution in [0, 0.1) is 13.8 Å². The number of carbonyl (C=O) groups is 1. The van der Waals surface area contributed by atoms with E-state index in [1.54, 1.807) is 17.1 Å². The Labute approximate surface area is 172 Å². The standard InChI is InChI=1S/C20H24N6O2S/c1-13-14(2)29-19-18(13)20(28)26(12-21-19)11-7-17(27)25-9-5-15(6-10-25)23-16-4-3-8-22-24-16/h3-4,8,12,15H,5-7,9-11H2,1-2H3,(H,23,24). The minimum absolute atomic E-state index is 0.0588. The summed E-state index contributed by atoms with van der Waals surface area (Å²) in [7, 11) is 0. The van der Waals surface area contributed by atoms with Gasteiger partial charge in [-0.2, -0.15) is 5.10 Å². The average Bonchev–Trinajstić information content (AvgIpc) is 3.03. The number of piperidine rings is 1. The lowest BCUT2D eigenvalue weighted by Gasteiger charge is -2.32. The van der Waals surface area contributed by atoms with Gasteiger partial charge in [-0.15, -0.1) is 16.4 Å². The number of rotatable bonds is 5. The van der Waals surface area contributed by atoms with Crippen molar-refractivity contribution in [1.82, 2.24) is 24.6 Å². The molecule has 1 saturated heterocycles. The first-order chi connectivity index (χ1) is 14.0. The maximum absolute atomic E-state index is 12.8. The lowest BCUT2D eigenvalue weighted by Crippen LogP contribution is -2.43. The van der Waals surface area contributed by atoms with E-state index >= 15 is 0 Å². The van der Waals surface area contributed by atoms with Crippen molar-refractivity contribution in [1.29, 1.82) is 0 Å². The van der Waals surface area contributed by atoms with Gasteiger partial charge >= 0.3 is 0 Å². The first-order valence-corrected chi connectivity index (χ1v) is 10.6. The van der Waals surface area contributed by atoms with Crippen molar-refractivity contribution in [3.8, 4) is 0 Å². The van der Waals surface area contributed by atoms with Crippen molar-refractivity contribution in [2.45, 2.75) is 45.7 Å². The second kappa shape index (κ2) is 8.28. The summed E-state index contributed by atoms with van der Waals surface area (Å²) in [4.78, 5) is 33.5. The van der Waals surface area contributed by atoms with E-state index in [4.69, 9.17) is 0 Å². The molecule has 0 spiro atoms. The summed E-state index contributed by atoms with van der Waals surface area (Å²) in [6, 6.07) is 4.03. The zero-order valence-corrected chi connectivity index (χ0v) is 17.4. The summed E-state index contributed by atoms with van der Waals surface area (Å²) in [5.74, 6) is 0.840. The van der Waals surface area contributed by atoms with Crippen LogP contribution in [0.1, 0.15) is 29.7 Å². The van der Waals surface area contributed by atoms with Crippen molar-refractivity contribution in [2.24, 2.45) is 0 Å². The summed E-state index contributed by atoms with van der Waals surface area (Å²) in [6.45, 7) is 5.70. The van der Waals surface area contributed by atoms with Crippen LogP contribution >= 0.6 is 11.3 Å². The molecule has 1 aliphatic rings. The normalized spacial score (nSPS) is 15.0. The lowest BCUT2D eigenvalue weighted by molar-refractivity contribution is -0.132. The number of aromatic nitrogens is 4. The van der Waals surface area contributed by atoms with Crippen LogP contribution in [0.15, 0.2) is 29.5 Å². The number of hydrogen-bond donors (Lipinski definition) is 1. The van der Waals surface area contributed by atoms with E-state index in [1.807, 2.05) is 30.9 Å². The molecule has 0 bridgehead atoms. The maximum atomic E-state index is 12.8. The Morgan fingerprint density at radius 3 is 2.83 bits per heavy atom. The molecule has 0 unspecified atom stereocenters. The third kappa shape index (κ3) is 4.14. The molecule has 0 aromatic carbocycles. The second-order valence-corrected chi connectivity index (χ2v) is 8.57. The molecular formula is C20H24N6O2S. The van der Waals surface area contributed by atoms with E-state index in [2.05, 4.69) is 20.5 Å². The Morgan fingerprint density at radius 1 is 1.31 bits per heavy atom. The number of nitrogens with one attached hydrogen (secondary N) is 1. The van der Waals surface area contributed by atoms with Gasteiger partial charge in [0.15, 0.2) is 0 Å². The van der Waals surface area contributed by atoms with Gasteiger partial charge in [-0.25, -0.2) is 4.98 Å². The molecule has 3 aromatic heterocycles. The third-order valence-corrected chi connectivity index (χ3v) is 6.61. The van der Waals surface area contributed by atoms with Crippen LogP contribution < -0.4 is 10.9 Å². The van der Waals surface area contributed by atoms with E-state index < -0.39 is 0 Å². The Bertz CT molecular complexity index is 1070. The summed E-state index contributed by atoms with van der Waals surface area (Å²) in [5.41, 5.74) is 0.928. The molecule has 0 aliphatic carbocycles. The molecule has 1 amide bonds. The van der Waals surface area contributed by atoms with E-state index in [1.165, 1.54) is 11.3 Å². The van der Waals surface area contributed by atoms with E-state index in [0.29, 0.717) is 31.4 Å². The Morgan fingerprint density at radius 2 is 2.10 bits per heavy atom. The number of anilines is 1. The van der Waals surface area contributed by atoms with Crippen LogP contribution in [0.4, 0.5) is 5.82 Å². The molecule has 8 nitrogen and oxygen atoms in total. The number of fused-ring (bicyclic) bond motifs is 1. The molecule has 0 radical (unpaired) electrons. The first kappa shape index (κ1) is 19.5. The van der Waals surface area contributed by atoms with Crippen LogP contribution in [-0.2, 0) is 11.3 Å². The van der Waals surface area contributed by atoms with Gasteiger partial charge in [-0.05, 0) is 44.4 Å². The van der Waals surface area contributed by atoms with Gasteiger partial charge in [-0.3, -0.25) is 14.2 Å². The number of nitrogens with zero attached hydrogens (tertiary/aromatic N) is 5. The molecule has 1 N–H and O–H groups in total.